The molecule has 3 saturated heterocycles. The van der Waals surface area contributed by atoms with Gasteiger partial charge in [0.25, 0.3) is 35.0 Å². The molecule has 3 aromatic heterocycles. The highest BCUT2D eigenvalue weighted by Gasteiger charge is 2.40. The third-order valence-corrected chi connectivity index (χ3v) is 19.7. The number of benzene rings is 6. The van der Waals surface area contributed by atoms with Crippen LogP contribution in [0.15, 0.2) is 135 Å². The molecule has 0 radical (unpaired) electrons. The highest BCUT2D eigenvalue weighted by molar-refractivity contribution is 8.09. The predicted octanol–water partition coefficient (Wildman–Crippen LogP) is 13.8. The first-order chi connectivity index (χ1) is 46.3. The van der Waals surface area contributed by atoms with E-state index in [9.17, 15) is 63.4 Å². The number of para-hydroxylation sites is 2. The van der Waals surface area contributed by atoms with Crippen LogP contribution in [0.25, 0.3) is 68.5 Å². The van der Waals surface area contributed by atoms with Crippen LogP contribution in [-0.4, -0.2) is 133 Å². The van der Waals surface area contributed by atoms with Gasteiger partial charge in [-0.1, -0.05) is 39.7 Å². The van der Waals surface area contributed by atoms with Crippen molar-refractivity contribution in [3.63, 3.8) is 0 Å². The molecule has 4 atom stereocenters. The third kappa shape index (κ3) is 15.7. The Hall–Kier alpha value is -10.4. The van der Waals surface area contributed by atoms with E-state index < -0.39 is 60.3 Å². The number of ether oxygens (including phenoxy) is 3. The number of nitro groups is 2. The highest BCUT2D eigenvalue weighted by atomic mass is 32.3. The van der Waals surface area contributed by atoms with E-state index in [1.807, 2.05) is 18.7 Å². The maximum Gasteiger partial charge on any atom is 0.573 e. The number of piperidine rings is 1. The van der Waals surface area contributed by atoms with E-state index in [-0.39, 0.29) is 122 Å². The van der Waals surface area contributed by atoms with Crippen LogP contribution in [0.3, 0.4) is 0 Å². The van der Waals surface area contributed by atoms with Gasteiger partial charge < -0.3 is 42.5 Å². The number of nitrogens with zero attached hydrogens (tertiary/aromatic N) is 12. The third-order valence-electron chi connectivity index (χ3n) is 16.4. The zero-order valence-corrected chi connectivity index (χ0v) is 55.3. The van der Waals surface area contributed by atoms with Crippen molar-refractivity contribution in [3.05, 3.63) is 147 Å². The molecule has 6 aromatic carbocycles. The van der Waals surface area contributed by atoms with Gasteiger partial charge in [0.15, 0.2) is 0 Å². The second-order valence-corrected chi connectivity index (χ2v) is 27.3. The predicted molar refractivity (Wildman–Crippen MR) is 348 cm³/mol. The van der Waals surface area contributed by atoms with Crippen molar-refractivity contribution < 1.29 is 80.8 Å². The summed E-state index contributed by atoms with van der Waals surface area (Å²) in [5.74, 6) is -2.87. The molecular formula is C64H64F6N12O14S2. The SMILES string of the molecule is CC1CCC(C)N1c1ccc(-c2nc(-c3ccccc3OC(F)(F)F)no2)cc1[N+](=O)[O-].COc1ccc(F)cc1-c1noc(-c2ccc(N3C(C)CCC3C)c([N+](=O)[O-])c2)n1.COc1ccccc1-c1noc(-c2ccc(N3CCCC(F)(F)C3)c(N(S(C)(=O)=O)S(C)(=O)=O)c2)n1. The van der Waals surface area contributed by atoms with Crippen molar-refractivity contribution in [1.82, 2.24) is 30.4 Å². The van der Waals surface area contributed by atoms with Gasteiger partial charge >= 0.3 is 6.36 Å². The summed E-state index contributed by atoms with van der Waals surface area (Å²) in [7, 11) is -5.78. The van der Waals surface area contributed by atoms with E-state index in [1.165, 1.54) is 85.8 Å². The summed E-state index contributed by atoms with van der Waals surface area (Å²) >= 11 is 0. The molecule has 0 N–H and O–H groups in total. The van der Waals surface area contributed by atoms with Crippen LogP contribution in [0, 0.1) is 26.0 Å². The van der Waals surface area contributed by atoms with Gasteiger partial charge in [-0.25, -0.2) is 30.0 Å². The number of sulfonamides is 2. The van der Waals surface area contributed by atoms with Crippen molar-refractivity contribution >= 4 is 54.2 Å². The number of hydrogen-bond acceptors (Lipinski definition) is 23. The molecule has 0 bridgehead atoms. The molecule has 0 aliphatic carbocycles. The lowest BCUT2D eigenvalue weighted by molar-refractivity contribution is -0.384. The number of halogens is 6. The lowest BCUT2D eigenvalue weighted by Crippen LogP contribution is -2.44. The van der Waals surface area contributed by atoms with E-state index in [0.29, 0.717) is 39.6 Å². The molecule has 34 heteroatoms. The summed E-state index contributed by atoms with van der Waals surface area (Å²) in [6.45, 7) is 7.69. The van der Waals surface area contributed by atoms with Crippen LogP contribution in [-0.2, 0) is 20.0 Å². The zero-order valence-electron chi connectivity index (χ0n) is 53.7. The fourth-order valence-electron chi connectivity index (χ4n) is 12.1. The first-order valence-electron chi connectivity index (χ1n) is 30.3. The van der Waals surface area contributed by atoms with Crippen LogP contribution < -0.4 is 32.6 Å². The van der Waals surface area contributed by atoms with Gasteiger partial charge in [0.2, 0.25) is 37.5 Å². The van der Waals surface area contributed by atoms with Crippen molar-refractivity contribution in [1.29, 1.82) is 0 Å². The minimum absolute atomic E-state index is 0.0174. The summed E-state index contributed by atoms with van der Waals surface area (Å²) < 4.78 is 161. The Balaban J connectivity index is 0.000000160. The van der Waals surface area contributed by atoms with Gasteiger partial charge in [-0.15, -0.1) is 13.2 Å². The zero-order chi connectivity index (χ0) is 70.8. The van der Waals surface area contributed by atoms with E-state index in [1.54, 1.807) is 48.5 Å². The molecule has 3 fully saturated rings. The molecule has 26 nitrogen and oxygen atoms in total. The molecule has 9 aromatic rings. The first-order valence-corrected chi connectivity index (χ1v) is 34.0. The van der Waals surface area contributed by atoms with E-state index in [0.717, 1.165) is 44.3 Å². The lowest BCUT2D eigenvalue weighted by Gasteiger charge is -2.36. The van der Waals surface area contributed by atoms with Crippen LogP contribution in [0.4, 0.5) is 60.5 Å². The number of nitro benzene ring substituents is 2. The first kappa shape index (κ1) is 70.4. The molecule has 0 amide bonds. The molecule has 0 saturated carbocycles. The monoisotopic (exact) mass is 1400 g/mol. The number of methoxy groups -OCH3 is 2. The summed E-state index contributed by atoms with van der Waals surface area (Å²) in [4.78, 5) is 40.8. The Morgan fingerprint density at radius 2 is 0.980 bits per heavy atom. The Morgan fingerprint density at radius 3 is 1.41 bits per heavy atom. The molecule has 518 valence electrons. The van der Waals surface area contributed by atoms with E-state index in [2.05, 4.69) is 53.9 Å². The van der Waals surface area contributed by atoms with E-state index in [4.69, 9.17) is 23.0 Å². The second-order valence-electron chi connectivity index (χ2n) is 23.5. The number of aromatic nitrogens is 6. The standard InChI is InChI=1S/C22H24F2N4O6S2.C21H19F3N4O4.C21H21FN4O4/c1-33-19-8-5-4-7-16(19)20-25-21(34-26-20)15-9-10-17(27-12-6-11-22(23,24)14-27)18(13-15)28(35(2,29)30)36(3,31)32;1-12-7-8-13(2)27(12)16-10-9-14(11-17(16)28(29)30)20-25-19(26-32-20)15-5-3-4-6-18(15)31-21(22,23)24;1-12-4-5-13(2)25(12)17-8-6-14(10-18(17)26(27)28)21-23-20(24-30-21)16-11-15(22)7-9-19(16)29-3/h4-5,7-10,13H,6,11-12,14H2,1-3H3;3-6,9-13H,7-8H2,1-2H3;6-13H,4-5H2,1-3H3. The van der Waals surface area contributed by atoms with E-state index >= 15 is 0 Å². The largest absolute Gasteiger partial charge is 0.573 e. The van der Waals surface area contributed by atoms with Gasteiger partial charge in [-0.05, 0) is 145 Å². The smallest absolute Gasteiger partial charge is 0.496 e. The lowest BCUT2D eigenvalue weighted by atomic mass is 10.1. The summed E-state index contributed by atoms with van der Waals surface area (Å²) in [5.41, 5.74) is 2.41. The summed E-state index contributed by atoms with van der Waals surface area (Å²) in [6, 6.07) is 30.6. The number of hydrogen-bond donors (Lipinski definition) is 0. The average Bonchev–Trinajstić information content (AvgIpc) is 1.13. The molecule has 3 aliphatic heterocycles. The Morgan fingerprint density at radius 1 is 0.571 bits per heavy atom. The van der Waals surface area contributed by atoms with Gasteiger partial charge in [0, 0.05) is 66.0 Å². The average molecular weight is 1400 g/mol. The molecule has 12 rings (SSSR count). The Kier molecular flexibility index (Phi) is 20.4. The normalized spacial score (nSPS) is 17.7. The molecule has 6 heterocycles. The van der Waals surface area contributed by atoms with Crippen molar-refractivity contribution in [2.24, 2.45) is 0 Å². The van der Waals surface area contributed by atoms with Gasteiger partial charge in [0.1, 0.15) is 34.4 Å². The minimum Gasteiger partial charge on any atom is -0.496 e. The number of anilines is 4. The quantitative estimate of drug-likeness (QED) is 0.0464. The van der Waals surface area contributed by atoms with Gasteiger partial charge in [0.05, 0.1) is 71.2 Å². The minimum atomic E-state index is -4.89. The maximum absolute atomic E-state index is 14.2. The maximum atomic E-state index is 14.2. The number of alkyl halides is 5. The van der Waals surface area contributed by atoms with Crippen molar-refractivity contribution in [2.45, 2.75) is 103 Å². The van der Waals surface area contributed by atoms with Crippen LogP contribution in [0.5, 0.6) is 17.2 Å². The summed E-state index contributed by atoms with van der Waals surface area (Å²) in [5, 5.41) is 35.1. The van der Waals surface area contributed by atoms with Gasteiger partial charge in [-0.2, -0.15) is 18.7 Å². The molecule has 4 unspecified atom stereocenters. The Bertz CT molecular complexity index is 4600. The van der Waals surface area contributed by atoms with Crippen molar-refractivity contribution in [3.8, 4) is 85.8 Å². The molecule has 0 spiro atoms. The number of rotatable bonds is 17. The molecular weight excluding hydrogens is 1340 g/mol. The highest BCUT2D eigenvalue weighted by Crippen LogP contribution is 2.44. The summed E-state index contributed by atoms with van der Waals surface area (Å²) in [6.07, 6.45) is 0.251. The molecule has 3 aliphatic rings. The topological polar surface area (TPSA) is 312 Å². The molecule has 98 heavy (non-hydrogen) atoms. The van der Waals surface area contributed by atoms with Crippen LogP contribution in [0.1, 0.15) is 66.2 Å². The van der Waals surface area contributed by atoms with Crippen LogP contribution in [0.2, 0.25) is 0 Å². The van der Waals surface area contributed by atoms with Crippen molar-refractivity contribution in [2.75, 3.05) is 58.2 Å². The van der Waals surface area contributed by atoms with Gasteiger partial charge in [-0.3, -0.25) is 20.2 Å². The Labute approximate surface area is 557 Å². The fraction of sp³-hybridized carbons (Fsp3) is 0.344. The fourth-order valence-corrected chi connectivity index (χ4v) is 15.1. The van der Waals surface area contributed by atoms with Crippen LogP contribution >= 0.6 is 0 Å². The second kappa shape index (κ2) is 28.4.